The number of anilines is 4. The van der Waals surface area contributed by atoms with Gasteiger partial charge in [-0.2, -0.15) is 0 Å². The van der Waals surface area contributed by atoms with Crippen molar-refractivity contribution < 1.29 is 10.2 Å². The van der Waals surface area contributed by atoms with Crippen molar-refractivity contribution in [2.24, 2.45) is 0 Å². The van der Waals surface area contributed by atoms with Crippen LogP contribution in [0.25, 0.3) is 0 Å². The second kappa shape index (κ2) is 7.71. The highest BCUT2D eigenvalue weighted by Gasteiger charge is 2.06. The van der Waals surface area contributed by atoms with E-state index in [9.17, 15) is 5.11 Å². The molecule has 2 aromatic carbocycles. The van der Waals surface area contributed by atoms with Gasteiger partial charge in [0.1, 0.15) is 0 Å². The first kappa shape index (κ1) is 16.9. The van der Waals surface area contributed by atoms with Crippen LogP contribution >= 0.6 is 0 Å². The molecule has 0 saturated carbocycles. The van der Waals surface area contributed by atoms with Gasteiger partial charge in [0.2, 0.25) is 0 Å². The maximum atomic E-state index is 9.33. The second-order valence-electron chi connectivity index (χ2n) is 5.58. The minimum atomic E-state index is -0.760. The largest absolute Gasteiger partial charge is 0.399 e. The fraction of sp³-hybridized carbons (Fsp3) is 0.294. The second-order valence-corrected chi connectivity index (χ2v) is 5.58. The van der Waals surface area contributed by atoms with Gasteiger partial charge in [-0.1, -0.05) is 0 Å². The predicted octanol–water partition coefficient (Wildman–Crippen LogP) is 1.25. The van der Waals surface area contributed by atoms with Gasteiger partial charge in [0.05, 0.1) is 12.7 Å². The van der Waals surface area contributed by atoms with E-state index in [1.807, 2.05) is 43.4 Å². The molecule has 6 nitrogen and oxygen atoms in total. The molecule has 124 valence electrons. The lowest BCUT2D eigenvalue weighted by Crippen LogP contribution is -2.23. The van der Waals surface area contributed by atoms with Crippen LogP contribution in [0.4, 0.5) is 22.7 Å². The molecule has 2 rings (SSSR count). The molecule has 2 aromatic rings. The third-order valence-corrected chi connectivity index (χ3v) is 3.64. The molecule has 0 saturated heterocycles. The van der Waals surface area contributed by atoms with Crippen molar-refractivity contribution >= 4 is 22.7 Å². The summed E-state index contributed by atoms with van der Waals surface area (Å²) in [6.45, 7) is 0.716. The first-order valence-corrected chi connectivity index (χ1v) is 7.47. The van der Waals surface area contributed by atoms with E-state index in [1.54, 1.807) is 6.07 Å². The molecule has 0 bridgehead atoms. The predicted molar refractivity (Wildman–Crippen MR) is 95.4 cm³/mol. The molecule has 0 spiro atoms. The fourth-order valence-corrected chi connectivity index (χ4v) is 2.24. The van der Waals surface area contributed by atoms with Gasteiger partial charge in [-0.05, 0) is 48.0 Å². The first-order valence-electron chi connectivity index (χ1n) is 7.47. The summed E-state index contributed by atoms with van der Waals surface area (Å²) in [5, 5.41) is 21.2. The molecule has 6 heteroatoms. The van der Waals surface area contributed by atoms with Gasteiger partial charge in [-0.15, -0.1) is 0 Å². The summed E-state index contributed by atoms with van der Waals surface area (Å²) < 4.78 is 0. The van der Waals surface area contributed by atoms with Crippen LogP contribution in [0.1, 0.15) is 5.56 Å². The molecular formula is C17H24N4O2. The minimum absolute atomic E-state index is 0.255. The van der Waals surface area contributed by atoms with Gasteiger partial charge in [-0.3, -0.25) is 0 Å². The number of rotatable bonds is 7. The van der Waals surface area contributed by atoms with E-state index in [1.165, 1.54) is 0 Å². The zero-order chi connectivity index (χ0) is 16.8. The molecule has 0 aliphatic carbocycles. The fourth-order valence-electron chi connectivity index (χ4n) is 2.24. The maximum absolute atomic E-state index is 9.33. The summed E-state index contributed by atoms with van der Waals surface area (Å²) >= 11 is 0. The van der Waals surface area contributed by atoms with Gasteiger partial charge in [0.25, 0.3) is 0 Å². The number of nitrogens with two attached hydrogens (primary N) is 2. The van der Waals surface area contributed by atoms with Crippen molar-refractivity contribution in [3.05, 3.63) is 48.0 Å². The maximum Gasteiger partial charge on any atom is 0.0942 e. The van der Waals surface area contributed by atoms with E-state index >= 15 is 0 Å². The lowest BCUT2D eigenvalue weighted by molar-refractivity contribution is 0.105. The monoisotopic (exact) mass is 316 g/mol. The Balaban J connectivity index is 1.99. The van der Waals surface area contributed by atoms with Crippen LogP contribution in [-0.4, -0.2) is 36.5 Å². The number of aliphatic hydroxyl groups is 2. The Bertz CT molecular complexity index is 631. The average molecular weight is 316 g/mol. The lowest BCUT2D eigenvalue weighted by Gasteiger charge is -2.21. The average Bonchev–Trinajstić information content (AvgIpc) is 2.56. The smallest absolute Gasteiger partial charge is 0.0942 e. The quantitative estimate of drug-likeness (QED) is 0.492. The molecule has 1 unspecified atom stereocenters. The van der Waals surface area contributed by atoms with Gasteiger partial charge in [0, 0.05) is 42.9 Å². The third kappa shape index (κ3) is 4.77. The molecule has 1 atom stereocenters. The zero-order valence-electron chi connectivity index (χ0n) is 13.2. The van der Waals surface area contributed by atoms with Crippen LogP contribution in [0.5, 0.6) is 0 Å². The summed E-state index contributed by atoms with van der Waals surface area (Å²) in [7, 11) is 1.99. The van der Waals surface area contributed by atoms with Gasteiger partial charge >= 0.3 is 0 Å². The first-order chi connectivity index (χ1) is 11.0. The van der Waals surface area contributed by atoms with Crippen LogP contribution in [0, 0.1) is 0 Å². The number of nitrogen functional groups attached to an aromatic ring is 2. The van der Waals surface area contributed by atoms with Crippen molar-refractivity contribution in [2.45, 2.75) is 12.6 Å². The van der Waals surface area contributed by atoms with Gasteiger partial charge in [0.15, 0.2) is 0 Å². The number of benzene rings is 2. The number of nitrogens with one attached hydrogen (secondary N) is 1. The van der Waals surface area contributed by atoms with E-state index in [4.69, 9.17) is 16.6 Å². The standard InChI is InChI=1S/C17H24N4O2/c1-21(10-12-8-13(18)2-7-17(12)19)15-5-3-14(4-6-15)20-9-16(23)11-22/h2-8,16,20,22-23H,9-11,18-19H2,1H3. The molecule has 7 N–H and O–H groups in total. The topological polar surface area (TPSA) is 108 Å². The summed E-state index contributed by atoms with van der Waals surface area (Å²) in [6.07, 6.45) is -0.760. The Labute approximate surface area is 136 Å². The van der Waals surface area contributed by atoms with Crippen LogP contribution in [0.3, 0.4) is 0 Å². The van der Waals surface area contributed by atoms with Crippen LogP contribution < -0.4 is 21.7 Å². The van der Waals surface area contributed by atoms with Gasteiger partial charge < -0.3 is 31.9 Å². The molecule has 0 heterocycles. The van der Waals surface area contributed by atoms with E-state index in [-0.39, 0.29) is 6.61 Å². The number of hydrogen-bond acceptors (Lipinski definition) is 6. The molecule has 0 aliphatic heterocycles. The lowest BCUT2D eigenvalue weighted by atomic mass is 10.1. The Morgan fingerprint density at radius 2 is 1.83 bits per heavy atom. The molecule has 0 aromatic heterocycles. The SMILES string of the molecule is CN(Cc1cc(N)ccc1N)c1ccc(NCC(O)CO)cc1. The zero-order valence-corrected chi connectivity index (χ0v) is 13.2. The van der Waals surface area contributed by atoms with Gasteiger partial charge in [-0.25, -0.2) is 0 Å². The molecule has 23 heavy (non-hydrogen) atoms. The van der Waals surface area contributed by atoms with E-state index < -0.39 is 6.10 Å². The van der Waals surface area contributed by atoms with Crippen molar-refractivity contribution in [3.63, 3.8) is 0 Å². The molecule has 0 radical (unpaired) electrons. The summed E-state index contributed by atoms with van der Waals surface area (Å²) in [6, 6.07) is 13.3. The summed E-state index contributed by atoms with van der Waals surface area (Å²) in [4.78, 5) is 2.08. The Morgan fingerprint density at radius 3 is 2.48 bits per heavy atom. The molecule has 0 fully saturated rings. The van der Waals surface area contributed by atoms with E-state index in [0.717, 1.165) is 22.6 Å². The van der Waals surface area contributed by atoms with Crippen molar-refractivity contribution in [1.29, 1.82) is 0 Å². The highest BCUT2D eigenvalue weighted by atomic mass is 16.3. The van der Waals surface area contributed by atoms with Crippen molar-refractivity contribution in [2.75, 3.05) is 41.9 Å². The molecule has 0 amide bonds. The normalized spacial score (nSPS) is 12.0. The Morgan fingerprint density at radius 1 is 1.13 bits per heavy atom. The van der Waals surface area contributed by atoms with Crippen LogP contribution in [0.15, 0.2) is 42.5 Å². The molecule has 0 aliphatic rings. The van der Waals surface area contributed by atoms with Crippen LogP contribution in [0.2, 0.25) is 0 Å². The van der Waals surface area contributed by atoms with Crippen molar-refractivity contribution in [1.82, 2.24) is 0 Å². The summed E-state index contributed by atoms with van der Waals surface area (Å²) in [5.74, 6) is 0. The Hall–Kier alpha value is -2.44. The summed E-state index contributed by atoms with van der Waals surface area (Å²) in [5.41, 5.74) is 16.1. The number of aliphatic hydroxyl groups excluding tert-OH is 2. The number of hydrogen-bond donors (Lipinski definition) is 5. The molecular weight excluding hydrogens is 292 g/mol. The van der Waals surface area contributed by atoms with Crippen molar-refractivity contribution in [3.8, 4) is 0 Å². The van der Waals surface area contributed by atoms with Crippen LogP contribution in [-0.2, 0) is 6.54 Å². The highest BCUT2D eigenvalue weighted by molar-refractivity contribution is 5.59. The third-order valence-electron chi connectivity index (χ3n) is 3.64. The van der Waals surface area contributed by atoms with E-state index in [0.29, 0.717) is 18.8 Å². The van der Waals surface area contributed by atoms with E-state index in [2.05, 4.69) is 10.2 Å². The Kier molecular flexibility index (Phi) is 5.67. The highest BCUT2D eigenvalue weighted by Crippen LogP contribution is 2.22. The minimum Gasteiger partial charge on any atom is -0.399 e. The number of nitrogens with zero attached hydrogens (tertiary/aromatic N) is 1.